The van der Waals surface area contributed by atoms with E-state index in [0.717, 1.165) is 29.1 Å². The lowest BCUT2D eigenvalue weighted by Crippen LogP contribution is -2.50. The van der Waals surface area contributed by atoms with Gasteiger partial charge in [-0.15, -0.1) is 0 Å². The van der Waals surface area contributed by atoms with Crippen LogP contribution in [0.15, 0.2) is 36.7 Å². The fourth-order valence-corrected chi connectivity index (χ4v) is 3.50. The van der Waals surface area contributed by atoms with Gasteiger partial charge in [0.1, 0.15) is 5.75 Å². The predicted octanol–water partition coefficient (Wildman–Crippen LogP) is 2.09. The second-order valence-corrected chi connectivity index (χ2v) is 7.18. The van der Waals surface area contributed by atoms with Crippen molar-refractivity contribution in [2.24, 2.45) is 0 Å². The number of aromatic nitrogens is 2. The molecule has 3 heterocycles. The number of aryl methyl sites for hydroxylation is 1. The van der Waals surface area contributed by atoms with E-state index in [1.54, 1.807) is 12.4 Å². The minimum Gasteiger partial charge on any atom is -0.483 e. The molecule has 2 aromatic rings. The van der Waals surface area contributed by atoms with Gasteiger partial charge in [-0.1, -0.05) is 18.2 Å². The molecule has 27 heavy (non-hydrogen) atoms. The Morgan fingerprint density at radius 3 is 2.96 bits per heavy atom. The first-order chi connectivity index (χ1) is 13.1. The van der Waals surface area contributed by atoms with Gasteiger partial charge >= 0.3 is 6.03 Å². The summed E-state index contributed by atoms with van der Waals surface area (Å²) in [6.07, 6.45) is 4.92. The monoisotopic (exact) mass is 368 g/mol. The molecule has 142 valence electrons. The van der Waals surface area contributed by atoms with Crippen LogP contribution in [0.3, 0.4) is 0 Å². The molecule has 7 heteroatoms. The minimum atomic E-state index is -0.466. The number of hydrogen-bond donors (Lipinski definition) is 1. The van der Waals surface area contributed by atoms with Gasteiger partial charge in [0.2, 0.25) is 0 Å². The second kappa shape index (κ2) is 7.52. The van der Waals surface area contributed by atoms with Gasteiger partial charge in [0, 0.05) is 37.3 Å². The van der Waals surface area contributed by atoms with Crippen LogP contribution < -0.4 is 10.1 Å². The van der Waals surface area contributed by atoms with E-state index in [1.807, 2.05) is 36.1 Å². The van der Waals surface area contributed by atoms with Crippen molar-refractivity contribution in [2.45, 2.75) is 31.9 Å². The highest BCUT2D eigenvalue weighted by atomic mass is 16.6. The van der Waals surface area contributed by atoms with E-state index < -0.39 is 5.60 Å². The van der Waals surface area contributed by atoms with E-state index in [2.05, 4.69) is 15.3 Å². The van der Waals surface area contributed by atoms with Gasteiger partial charge in [0.25, 0.3) is 0 Å². The fraction of sp³-hybridized carbons (Fsp3) is 0.450. The van der Waals surface area contributed by atoms with E-state index in [-0.39, 0.29) is 6.03 Å². The van der Waals surface area contributed by atoms with Crippen LogP contribution in [0.4, 0.5) is 4.79 Å². The number of benzene rings is 1. The normalized spacial score (nSPS) is 21.4. The summed E-state index contributed by atoms with van der Waals surface area (Å²) < 4.78 is 11.9. The van der Waals surface area contributed by atoms with Gasteiger partial charge in [-0.25, -0.2) is 4.79 Å². The van der Waals surface area contributed by atoms with Crippen molar-refractivity contribution in [3.63, 3.8) is 0 Å². The zero-order valence-electron chi connectivity index (χ0n) is 15.5. The van der Waals surface area contributed by atoms with Gasteiger partial charge in [0.15, 0.2) is 5.60 Å². The van der Waals surface area contributed by atoms with Crippen LogP contribution >= 0.6 is 0 Å². The lowest BCUT2D eigenvalue weighted by Gasteiger charge is -2.31. The van der Waals surface area contributed by atoms with E-state index >= 15 is 0 Å². The van der Waals surface area contributed by atoms with E-state index in [9.17, 15) is 4.79 Å². The molecule has 0 bridgehead atoms. The molecule has 1 atom stereocenters. The van der Waals surface area contributed by atoms with Gasteiger partial charge in [-0.05, 0) is 13.0 Å². The molecule has 2 aliphatic rings. The number of ether oxygens (including phenoxy) is 2. The number of fused-ring (bicyclic) bond motifs is 1. The third kappa shape index (κ3) is 4.03. The number of hydrogen-bond acceptors (Lipinski definition) is 5. The minimum absolute atomic E-state index is 0.0957. The van der Waals surface area contributed by atoms with Gasteiger partial charge in [0.05, 0.1) is 37.7 Å². The Labute approximate surface area is 158 Å². The third-order valence-corrected chi connectivity index (χ3v) is 4.99. The summed E-state index contributed by atoms with van der Waals surface area (Å²) >= 11 is 0. The van der Waals surface area contributed by atoms with Gasteiger partial charge in [-0.3, -0.25) is 9.97 Å². The number of carbonyl (C=O) groups is 1. The second-order valence-electron chi connectivity index (χ2n) is 7.18. The Morgan fingerprint density at radius 2 is 2.19 bits per heavy atom. The number of urea groups is 1. The first-order valence-corrected chi connectivity index (χ1v) is 9.29. The van der Waals surface area contributed by atoms with E-state index in [0.29, 0.717) is 39.3 Å². The molecule has 1 aromatic heterocycles. The molecular weight excluding hydrogens is 344 g/mol. The maximum absolute atomic E-state index is 12.8. The van der Waals surface area contributed by atoms with E-state index in [1.165, 1.54) is 0 Å². The third-order valence-electron chi connectivity index (χ3n) is 4.99. The molecule has 4 rings (SSSR count). The fourth-order valence-electron chi connectivity index (χ4n) is 3.50. The highest BCUT2D eigenvalue weighted by Crippen LogP contribution is 2.33. The highest BCUT2D eigenvalue weighted by Gasteiger charge is 2.42. The molecule has 1 N–H and O–H groups in total. The van der Waals surface area contributed by atoms with Crippen LogP contribution in [0, 0.1) is 6.92 Å². The van der Waals surface area contributed by atoms with Crippen LogP contribution in [0.2, 0.25) is 0 Å². The molecule has 0 radical (unpaired) electrons. The Bertz CT molecular complexity index is 803. The highest BCUT2D eigenvalue weighted by molar-refractivity contribution is 5.74. The number of amides is 2. The largest absolute Gasteiger partial charge is 0.483 e. The smallest absolute Gasteiger partial charge is 0.317 e. The molecule has 7 nitrogen and oxygen atoms in total. The van der Waals surface area contributed by atoms with Crippen LogP contribution in [0.25, 0.3) is 0 Å². The maximum atomic E-state index is 12.8. The molecular formula is C20H24N4O3. The summed E-state index contributed by atoms with van der Waals surface area (Å²) in [4.78, 5) is 23.2. The molecule has 1 fully saturated rings. The number of nitrogens with zero attached hydrogens (tertiary/aromatic N) is 3. The molecule has 1 unspecified atom stereocenters. The van der Waals surface area contributed by atoms with Crippen molar-refractivity contribution < 1.29 is 14.3 Å². The number of para-hydroxylation sites is 1. The zero-order chi connectivity index (χ0) is 18.7. The van der Waals surface area contributed by atoms with E-state index in [4.69, 9.17) is 9.47 Å². The number of rotatable bonds is 3. The zero-order valence-corrected chi connectivity index (χ0v) is 15.5. The summed E-state index contributed by atoms with van der Waals surface area (Å²) in [6, 6.07) is 7.80. The van der Waals surface area contributed by atoms with Crippen molar-refractivity contribution >= 4 is 6.03 Å². The van der Waals surface area contributed by atoms with Crippen molar-refractivity contribution in [3.05, 3.63) is 53.6 Å². The van der Waals surface area contributed by atoms with Crippen LogP contribution in [-0.2, 0) is 17.7 Å². The maximum Gasteiger partial charge on any atom is 0.317 e. The van der Waals surface area contributed by atoms with Crippen LogP contribution in [0.1, 0.15) is 23.4 Å². The van der Waals surface area contributed by atoms with Gasteiger partial charge in [-0.2, -0.15) is 0 Å². The molecule has 2 aliphatic heterocycles. The molecule has 1 aromatic carbocycles. The average molecular weight is 368 g/mol. The number of nitrogens with one attached hydrogen (secondary N) is 1. The standard InChI is InChI=1S/C20H24N4O3/c1-15-10-23-17(11-22-15)6-8-21-19(25)24-12-16-4-2-3-5-18(16)27-20(13-24)7-9-26-14-20/h2-5,10-11H,6-9,12-14H2,1H3,(H,21,25). The van der Waals surface area contributed by atoms with Crippen molar-refractivity contribution in [1.82, 2.24) is 20.2 Å². The first-order valence-electron chi connectivity index (χ1n) is 9.29. The molecule has 2 amide bonds. The van der Waals surface area contributed by atoms with Crippen LogP contribution in [-0.4, -0.2) is 52.8 Å². The summed E-state index contributed by atoms with van der Waals surface area (Å²) in [5, 5.41) is 3.00. The Hall–Kier alpha value is -2.67. The van der Waals surface area contributed by atoms with Gasteiger partial charge < -0.3 is 19.7 Å². The Balaban J connectivity index is 1.43. The molecule has 0 aliphatic carbocycles. The van der Waals surface area contributed by atoms with Crippen molar-refractivity contribution in [3.8, 4) is 5.75 Å². The summed E-state index contributed by atoms with van der Waals surface area (Å²) in [6.45, 7) is 4.61. The quantitative estimate of drug-likeness (QED) is 0.898. The summed E-state index contributed by atoms with van der Waals surface area (Å²) in [5.41, 5.74) is 2.30. The topological polar surface area (TPSA) is 76.6 Å². The first kappa shape index (κ1) is 17.7. The lowest BCUT2D eigenvalue weighted by atomic mass is 10.0. The predicted molar refractivity (Wildman–Crippen MR) is 99.5 cm³/mol. The SMILES string of the molecule is Cc1cnc(CCNC(=O)N2Cc3ccccc3OC3(CCOC3)C2)cn1. The molecule has 1 spiro atoms. The van der Waals surface area contributed by atoms with Crippen molar-refractivity contribution in [1.29, 1.82) is 0 Å². The summed E-state index contributed by atoms with van der Waals surface area (Å²) in [7, 11) is 0. The lowest BCUT2D eigenvalue weighted by molar-refractivity contribution is 0.0333. The average Bonchev–Trinajstić information content (AvgIpc) is 3.04. The molecule has 1 saturated heterocycles. The molecule has 0 saturated carbocycles. The Morgan fingerprint density at radius 1 is 1.30 bits per heavy atom. The number of carbonyl (C=O) groups excluding carboxylic acids is 1. The Kier molecular flexibility index (Phi) is 4.94. The van der Waals surface area contributed by atoms with Crippen molar-refractivity contribution in [2.75, 3.05) is 26.3 Å². The summed E-state index contributed by atoms with van der Waals surface area (Å²) in [5.74, 6) is 0.841. The van der Waals surface area contributed by atoms with Crippen LogP contribution in [0.5, 0.6) is 5.75 Å².